The molecule has 2 aromatic carbocycles. The molecule has 0 saturated carbocycles. The van der Waals surface area contributed by atoms with Crippen LogP contribution in [0.25, 0.3) is 10.2 Å². The lowest BCUT2D eigenvalue weighted by atomic mass is 10.1. The summed E-state index contributed by atoms with van der Waals surface area (Å²) in [6.07, 6.45) is 1.74. The highest BCUT2D eigenvalue weighted by molar-refractivity contribution is 7.18. The van der Waals surface area contributed by atoms with Crippen LogP contribution in [0.3, 0.4) is 0 Å². The summed E-state index contributed by atoms with van der Waals surface area (Å²) >= 11 is 1.52. The Labute approximate surface area is 196 Å². The Balaban J connectivity index is 1.31. The molecule has 33 heavy (non-hydrogen) atoms. The third-order valence-electron chi connectivity index (χ3n) is 5.70. The van der Waals surface area contributed by atoms with Crippen molar-refractivity contribution in [2.24, 2.45) is 0 Å². The quantitative estimate of drug-likeness (QED) is 0.398. The fourth-order valence-corrected chi connectivity index (χ4v) is 4.64. The number of fused-ring (bicyclic) bond motifs is 1. The molecular weight excluding hydrogens is 434 g/mol. The van der Waals surface area contributed by atoms with Crippen LogP contribution in [0.2, 0.25) is 0 Å². The maximum atomic E-state index is 12.8. The maximum absolute atomic E-state index is 12.8. The van der Waals surface area contributed by atoms with Gasteiger partial charge in [-0.1, -0.05) is 54.6 Å². The van der Waals surface area contributed by atoms with Gasteiger partial charge in [-0.2, -0.15) is 0 Å². The minimum atomic E-state index is -0.111. The Morgan fingerprint density at radius 2 is 1.76 bits per heavy atom. The SMILES string of the molecule is Cc1sc2ncn(CCC(=O)NCc3ccccc3COCc3ccccc3)c(=O)c2c1C. The average molecular weight is 462 g/mol. The molecule has 2 heterocycles. The summed E-state index contributed by atoms with van der Waals surface area (Å²) in [5, 5.41) is 3.62. The minimum absolute atomic E-state index is 0.0874. The topological polar surface area (TPSA) is 73.2 Å². The summed E-state index contributed by atoms with van der Waals surface area (Å²) in [7, 11) is 0. The molecule has 7 heteroatoms. The van der Waals surface area contributed by atoms with Crippen LogP contribution in [0.1, 0.15) is 33.6 Å². The fraction of sp³-hybridized carbons (Fsp3) is 0.269. The molecule has 4 rings (SSSR count). The summed E-state index contributed by atoms with van der Waals surface area (Å²) in [4.78, 5) is 31.5. The van der Waals surface area contributed by atoms with Crippen molar-refractivity contribution in [1.29, 1.82) is 0 Å². The highest BCUT2D eigenvalue weighted by Gasteiger charge is 2.13. The molecule has 0 radical (unpaired) electrons. The number of ether oxygens (including phenoxy) is 1. The van der Waals surface area contributed by atoms with Gasteiger partial charge in [0.25, 0.3) is 5.56 Å². The number of aromatic nitrogens is 2. The zero-order valence-corrected chi connectivity index (χ0v) is 19.7. The summed E-state index contributed by atoms with van der Waals surface area (Å²) in [5.74, 6) is -0.111. The van der Waals surface area contributed by atoms with E-state index in [0.29, 0.717) is 31.7 Å². The van der Waals surface area contributed by atoms with Gasteiger partial charge < -0.3 is 10.1 Å². The average Bonchev–Trinajstić information content (AvgIpc) is 3.12. The normalized spacial score (nSPS) is 11.1. The van der Waals surface area contributed by atoms with Crippen LogP contribution in [0, 0.1) is 13.8 Å². The van der Waals surface area contributed by atoms with Gasteiger partial charge in [0.2, 0.25) is 5.91 Å². The van der Waals surface area contributed by atoms with Crippen LogP contribution in [0.4, 0.5) is 0 Å². The van der Waals surface area contributed by atoms with Crippen LogP contribution in [-0.4, -0.2) is 15.5 Å². The van der Waals surface area contributed by atoms with Crippen molar-refractivity contribution in [3.05, 3.63) is 98.4 Å². The third-order valence-corrected chi connectivity index (χ3v) is 6.81. The first-order valence-corrected chi connectivity index (χ1v) is 11.7. The summed E-state index contributed by atoms with van der Waals surface area (Å²) in [6.45, 7) is 5.65. The molecule has 4 aromatic rings. The Kier molecular flexibility index (Phi) is 7.32. The molecule has 0 atom stereocenters. The number of thiophene rings is 1. The second-order valence-electron chi connectivity index (χ2n) is 7.98. The van der Waals surface area contributed by atoms with Gasteiger partial charge in [-0.15, -0.1) is 11.3 Å². The maximum Gasteiger partial charge on any atom is 0.262 e. The van der Waals surface area contributed by atoms with E-state index in [2.05, 4.69) is 10.3 Å². The monoisotopic (exact) mass is 461 g/mol. The number of aryl methyl sites for hydroxylation is 3. The molecule has 2 aromatic heterocycles. The second-order valence-corrected chi connectivity index (χ2v) is 9.18. The molecule has 0 unspecified atom stereocenters. The van der Waals surface area contributed by atoms with Gasteiger partial charge in [0.1, 0.15) is 4.83 Å². The number of hydrogen-bond acceptors (Lipinski definition) is 5. The lowest BCUT2D eigenvalue weighted by Gasteiger charge is -2.12. The standard InChI is InChI=1S/C26H27N3O3S/c1-18-19(2)33-25-24(18)26(31)29(17-28-25)13-12-23(30)27-14-21-10-6-7-11-22(21)16-32-15-20-8-4-3-5-9-20/h3-11,17H,12-16H2,1-2H3,(H,27,30). The molecule has 0 aliphatic rings. The van der Waals surface area contributed by atoms with E-state index in [9.17, 15) is 9.59 Å². The van der Waals surface area contributed by atoms with E-state index >= 15 is 0 Å². The second kappa shape index (κ2) is 10.6. The number of benzene rings is 2. The van der Waals surface area contributed by atoms with Crippen molar-refractivity contribution in [3.63, 3.8) is 0 Å². The molecule has 0 saturated heterocycles. The lowest BCUT2D eigenvalue weighted by Crippen LogP contribution is -2.27. The number of nitrogens with zero attached hydrogens (tertiary/aromatic N) is 2. The van der Waals surface area contributed by atoms with Gasteiger partial charge in [0, 0.05) is 24.4 Å². The van der Waals surface area contributed by atoms with Gasteiger partial charge in [-0.3, -0.25) is 14.2 Å². The highest BCUT2D eigenvalue weighted by Crippen LogP contribution is 2.25. The first kappa shape index (κ1) is 22.9. The number of hydrogen-bond donors (Lipinski definition) is 1. The molecule has 170 valence electrons. The van der Waals surface area contributed by atoms with E-state index in [1.54, 1.807) is 0 Å². The molecule has 0 aliphatic heterocycles. The largest absolute Gasteiger partial charge is 0.372 e. The molecule has 0 aliphatic carbocycles. The molecule has 0 bridgehead atoms. The van der Waals surface area contributed by atoms with Crippen LogP contribution in [0.5, 0.6) is 0 Å². The van der Waals surface area contributed by atoms with E-state index in [1.165, 1.54) is 22.2 Å². The molecule has 0 spiro atoms. The smallest absolute Gasteiger partial charge is 0.262 e. The van der Waals surface area contributed by atoms with Crippen LogP contribution >= 0.6 is 11.3 Å². The lowest BCUT2D eigenvalue weighted by molar-refractivity contribution is -0.121. The van der Waals surface area contributed by atoms with Crippen LogP contribution in [0.15, 0.2) is 65.7 Å². The molecule has 1 amide bonds. The van der Waals surface area contributed by atoms with Crippen molar-refractivity contribution in [1.82, 2.24) is 14.9 Å². The van der Waals surface area contributed by atoms with E-state index in [-0.39, 0.29) is 17.9 Å². The van der Waals surface area contributed by atoms with Crippen molar-refractivity contribution < 1.29 is 9.53 Å². The highest BCUT2D eigenvalue weighted by atomic mass is 32.1. The number of carbonyl (C=O) groups excluding carboxylic acids is 1. The summed E-state index contributed by atoms with van der Waals surface area (Å²) in [6, 6.07) is 18.0. The predicted molar refractivity (Wildman–Crippen MR) is 131 cm³/mol. The number of nitrogens with one attached hydrogen (secondary N) is 1. The molecule has 0 fully saturated rings. The van der Waals surface area contributed by atoms with Gasteiger partial charge in [0.05, 0.1) is 24.9 Å². The van der Waals surface area contributed by atoms with Crippen molar-refractivity contribution in [2.75, 3.05) is 0 Å². The van der Waals surface area contributed by atoms with Gasteiger partial charge in [-0.25, -0.2) is 4.98 Å². The van der Waals surface area contributed by atoms with Gasteiger partial charge in [-0.05, 0) is 36.1 Å². The van der Waals surface area contributed by atoms with E-state index in [1.807, 2.05) is 68.4 Å². The minimum Gasteiger partial charge on any atom is -0.372 e. The predicted octanol–water partition coefficient (Wildman–Crippen LogP) is 4.50. The van der Waals surface area contributed by atoms with Crippen LogP contribution < -0.4 is 10.9 Å². The Hall–Kier alpha value is -3.29. The Bertz CT molecular complexity index is 1310. The van der Waals surface area contributed by atoms with Crippen molar-refractivity contribution in [3.8, 4) is 0 Å². The van der Waals surface area contributed by atoms with Gasteiger partial charge >= 0.3 is 0 Å². The van der Waals surface area contributed by atoms with E-state index in [0.717, 1.165) is 32.0 Å². The first-order valence-electron chi connectivity index (χ1n) is 10.9. The number of carbonyl (C=O) groups is 1. The van der Waals surface area contributed by atoms with Crippen LogP contribution in [-0.2, 0) is 35.8 Å². The van der Waals surface area contributed by atoms with Crippen molar-refractivity contribution >= 4 is 27.5 Å². The zero-order chi connectivity index (χ0) is 23.2. The summed E-state index contributed by atoms with van der Waals surface area (Å²) < 4.78 is 7.38. The Morgan fingerprint density at radius 3 is 2.55 bits per heavy atom. The first-order chi connectivity index (χ1) is 16.0. The third kappa shape index (κ3) is 5.56. The molecule has 1 N–H and O–H groups in total. The fourth-order valence-electron chi connectivity index (χ4n) is 3.66. The van der Waals surface area contributed by atoms with E-state index in [4.69, 9.17) is 4.74 Å². The van der Waals surface area contributed by atoms with E-state index < -0.39 is 0 Å². The summed E-state index contributed by atoms with van der Waals surface area (Å²) in [5.41, 5.74) is 4.07. The molecular formula is C26H27N3O3S. The molecule has 6 nitrogen and oxygen atoms in total. The van der Waals surface area contributed by atoms with Crippen molar-refractivity contribution in [2.45, 2.75) is 46.6 Å². The number of amides is 1. The zero-order valence-electron chi connectivity index (χ0n) is 18.8. The Morgan fingerprint density at radius 1 is 1.03 bits per heavy atom. The number of rotatable bonds is 9. The van der Waals surface area contributed by atoms with Gasteiger partial charge in [0.15, 0.2) is 0 Å².